The van der Waals surface area contributed by atoms with Crippen molar-refractivity contribution in [3.63, 3.8) is 0 Å². The Hall–Kier alpha value is -2.17. The van der Waals surface area contributed by atoms with Crippen LogP contribution in [-0.4, -0.2) is 41.3 Å². The molecule has 1 saturated heterocycles. The topological polar surface area (TPSA) is 62.3 Å². The SMILES string of the molecule is CC/C=C/C(=O)NCC1CCN(C(=O)c2cccnc2)CC1. The smallest absolute Gasteiger partial charge is 0.255 e. The van der Waals surface area contributed by atoms with Crippen molar-refractivity contribution in [2.24, 2.45) is 5.92 Å². The van der Waals surface area contributed by atoms with Crippen molar-refractivity contribution in [3.8, 4) is 0 Å². The fourth-order valence-electron chi connectivity index (χ4n) is 2.54. The maximum absolute atomic E-state index is 12.3. The van der Waals surface area contributed by atoms with E-state index in [1.54, 1.807) is 30.6 Å². The van der Waals surface area contributed by atoms with Crippen LogP contribution in [0.2, 0.25) is 0 Å². The summed E-state index contributed by atoms with van der Waals surface area (Å²) >= 11 is 0. The van der Waals surface area contributed by atoms with Crippen LogP contribution in [0, 0.1) is 5.92 Å². The van der Waals surface area contributed by atoms with E-state index in [4.69, 9.17) is 0 Å². The highest BCUT2D eigenvalue weighted by atomic mass is 16.2. The van der Waals surface area contributed by atoms with Crippen molar-refractivity contribution < 1.29 is 9.59 Å². The van der Waals surface area contributed by atoms with Crippen molar-refractivity contribution in [2.75, 3.05) is 19.6 Å². The van der Waals surface area contributed by atoms with Crippen LogP contribution in [-0.2, 0) is 4.79 Å². The molecular formula is C17H23N3O2. The molecule has 1 fully saturated rings. The lowest BCUT2D eigenvalue weighted by molar-refractivity contribution is -0.116. The van der Waals surface area contributed by atoms with Crippen molar-refractivity contribution in [1.82, 2.24) is 15.2 Å². The quantitative estimate of drug-likeness (QED) is 0.846. The van der Waals surface area contributed by atoms with Crippen LogP contribution in [0.1, 0.15) is 36.5 Å². The number of pyridine rings is 1. The Kier molecular flexibility index (Phi) is 6.13. The molecule has 22 heavy (non-hydrogen) atoms. The summed E-state index contributed by atoms with van der Waals surface area (Å²) in [6, 6.07) is 3.57. The molecule has 5 heteroatoms. The summed E-state index contributed by atoms with van der Waals surface area (Å²) in [6.07, 6.45) is 9.41. The largest absolute Gasteiger partial charge is 0.352 e. The number of hydrogen-bond donors (Lipinski definition) is 1. The van der Waals surface area contributed by atoms with E-state index in [0.717, 1.165) is 32.4 Å². The first kappa shape index (κ1) is 16.2. The molecule has 0 bridgehead atoms. The van der Waals surface area contributed by atoms with Gasteiger partial charge in [-0.2, -0.15) is 0 Å². The van der Waals surface area contributed by atoms with Gasteiger partial charge in [-0.25, -0.2) is 0 Å². The van der Waals surface area contributed by atoms with Gasteiger partial charge in [-0.05, 0) is 43.4 Å². The number of carbonyl (C=O) groups excluding carboxylic acids is 2. The Morgan fingerprint density at radius 3 is 2.82 bits per heavy atom. The lowest BCUT2D eigenvalue weighted by Crippen LogP contribution is -2.41. The van der Waals surface area contributed by atoms with Gasteiger partial charge in [0.1, 0.15) is 0 Å². The monoisotopic (exact) mass is 301 g/mol. The minimum Gasteiger partial charge on any atom is -0.352 e. The van der Waals surface area contributed by atoms with E-state index in [1.807, 2.05) is 17.9 Å². The number of rotatable bonds is 5. The highest BCUT2D eigenvalue weighted by Gasteiger charge is 2.23. The number of amides is 2. The van der Waals surface area contributed by atoms with E-state index < -0.39 is 0 Å². The van der Waals surface area contributed by atoms with E-state index in [9.17, 15) is 9.59 Å². The third kappa shape index (κ3) is 4.69. The van der Waals surface area contributed by atoms with E-state index >= 15 is 0 Å². The fraction of sp³-hybridized carbons (Fsp3) is 0.471. The summed E-state index contributed by atoms with van der Waals surface area (Å²) in [6.45, 7) is 4.15. The van der Waals surface area contributed by atoms with E-state index in [-0.39, 0.29) is 11.8 Å². The van der Waals surface area contributed by atoms with Crippen LogP contribution in [0.25, 0.3) is 0 Å². The lowest BCUT2D eigenvalue weighted by Gasteiger charge is -2.32. The summed E-state index contributed by atoms with van der Waals surface area (Å²) in [5, 5.41) is 2.92. The van der Waals surface area contributed by atoms with Gasteiger partial charge in [-0.1, -0.05) is 13.0 Å². The first-order valence-electron chi connectivity index (χ1n) is 7.84. The number of nitrogens with zero attached hydrogens (tertiary/aromatic N) is 2. The number of allylic oxidation sites excluding steroid dienone is 1. The van der Waals surface area contributed by atoms with Gasteiger partial charge in [0.05, 0.1) is 5.56 Å². The zero-order valence-electron chi connectivity index (χ0n) is 13.0. The van der Waals surface area contributed by atoms with Gasteiger partial charge in [-0.3, -0.25) is 14.6 Å². The number of hydrogen-bond acceptors (Lipinski definition) is 3. The van der Waals surface area contributed by atoms with Crippen LogP contribution in [0.4, 0.5) is 0 Å². The third-order valence-corrected chi connectivity index (χ3v) is 3.88. The Morgan fingerprint density at radius 2 is 2.18 bits per heavy atom. The molecule has 1 N–H and O–H groups in total. The zero-order chi connectivity index (χ0) is 15.8. The number of likely N-dealkylation sites (tertiary alicyclic amines) is 1. The average molecular weight is 301 g/mol. The molecule has 0 radical (unpaired) electrons. The highest BCUT2D eigenvalue weighted by Crippen LogP contribution is 2.18. The third-order valence-electron chi connectivity index (χ3n) is 3.88. The zero-order valence-corrected chi connectivity index (χ0v) is 13.0. The number of piperidine rings is 1. The predicted molar refractivity (Wildman–Crippen MR) is 85.3 cm³/mol. The second-order valence-electron chi connectivity index (χ2n) is 5.53. The standard InChI is InChI=1S/C17H23N3O2/c1-2-3-6-16(21)19-12-14-7-10-20(11-8-14)17(22)15-5-4-9-18-13-15/h3-6,9,13-14H,2,7-8,10-12H2,1H3,(H,19,21)/b6-3+. The highest BCUT2D eigenvalue weighted by molar-refractivity contribution is 5.93. The van der Waals surface area contributed by atoms with Gasteiger partial charge in [-0.15, -0.1) is 0 Å². The molecule has 1 aliphatic heterocycles. The Bertz CT molecular complexity index is 520. The first-order valence-corrected chi connectivity index (χ1v) is 7.84. The van der Waals surface area contributed by atoms with Crippen molar-refractivity contribution in [1.29, 1.82) is 0 Å². The molecule has 0 aromatic carbocycles. The summed E-state index contributed by atoms with van der Waals surface area (Å²) in [5.41, 5.74) is 0.638. The van der Waals surface area contributed by atoms with Crippen LogP contribution >= 0.6 is 0 Å². The fourth-order valence-corrected chi connectivity index (χ4v) is 2.54. The molecule has 0 aliphatic carbocycles. The Balaban J connectivity index is 1.75. The summed E-state index contributed by atoms with van der Waals surface area (Å²) in [7, 11) is 0. The molecular weight excluding hydrogens is 278 g/mol. The summed E-state index contributed by atoms with van der Waals surface area (Å²) < 4.78 is 0. The lowest BCUT2D eigenvalue weighted by atomic mass is 9.96. The maximum atomic E-state index is 12.3. The van der Waals surface area contributed by atoms with Gasteiger partial charge >= 0.3 is 0 Å². The number of nitrogens with one attached hydrogen (secondary N) is 1. The van der Waals surface area contributed by atoms with Gasteiger partial charge in [0, 0.05) is 32.0 Å². The molecule has 5 nitrogen and oxygen atoms in total. The molecule has 2 rings (SSSR count). The van der Waals surface area contributed by atoms with Crippen LogP contribution in [0.3, 0.4) is 0 Å². The van der Waals surface area contributed by atoms with Gasteiger partial charge in [0.2, 0.25) is 5.91 Å². The molecule has 2 amide bonds. The van der Waals surface area contributed by atoms with E-state index in [0.29, 0.717) is 18.0 Å². The molecule has 0 spiro atoms. The van der Waals surface area contributed by atoms with Crippen LogP contribution in [0.5, 0.6) is 0 Å². The maximum Gasteiger partial charge on any atom is 0.255 e. The molecule has 1 aromatic rings. The van der Waals surface area contributed by atoms with Crippen molar-refractivity contribution in [3.05, 3.63) is 42.2 Å². The van der Waals surface area contributed by atoms with Gasteiger partial charge in [0.25, 0.3) is 5.91 Å². The predicted octanol–water partition coefficient (Wildman–Crippen LogP) is 2.02. The van der Waals surface area contributed by atoms with Crippen molar-refractivity contribution >= 4 is 11.8 Å². The normalized spacial score (nSPS) is 16.0. The minimum absolute atomic E-state index is 0.0317. The summed E-state index contributed by atoms with van der Waals surface area (Å²) in [4.78, 5) is 29.7. The molecule has 0 saturated carbocycles. The molecule has 0 unspecified atom stereocenters. The molecule has 118 valence electrons. The van der Waals surface area contributed by atoms with E-state index in [2.05, 4.69) is 10.3 Å². The summed E-state index contributed by atoms with van der Waals surface area (Å²) in [5.74, 6) is 0.453. The second-order valence-corrected chi connectivity index (χ2v) is 5.53. The number of carbonyl (C=O) groups is 2. The Morgan fingerprint density at radius 1 is 1.41 bits per heavy atom. The first-order chi connectivity index (χ1) is 10.7. The second kappa shape index (κ2) is 8.32. The molecule has 1 aliphatic rings. The Labute approximate surface area is 131 Å². The average Bonchev–Trinajstić information content (AvgIpc) is 2.58. The minimum atomic E-state index is -0.0317. The van der Waals surface area contributed by atoms with Gasteiger partial charge in [0.15, 0.2) is 0 Å². The van der Waals surface area contributed by atoms with Gasteiger partial charge < -0.3 is 10.2 Å². The van der Waals surface area contributed by atoms with Crippen molar-refractivity contribution in [2.45, 2.75) is 26.2 Å². The molecule has 0 atom stereocenters. The van der Waals surface area contributed by atoms with E-state index in [1.165, 1.54) is 0 Å². The van der Waals surface area contributed by atoms with Crippen LogP contribution < -0.4 is 5.32 Å². The number of aromatic nitrogens is 1. The molecule has 2 heterocycles. The van der Waals surface area contributed by atoms with Crippen LogP contribution in [0.15, 0.2) is 36.7 Å². The molecule has 1 aromatic heterocycles.